The lowest BCUT2D eigenvalue weighted by molar-refractivity contribution is -0.115. The highest BCUT2D eigenvalue weighted by molar-refractivity contribution is 6.14. The Hall–Kier alpha value is -4.13. The van der Waals surface area contributed by atoms with Gasteiger partial charge in [-0.05, 0) is 61.0 Å². The van der Waals surface area contributed by atoms with Gasteiger partial charge < -0.3 is 20.7 Å². The number of rotatable bonds is 7. The van der Waals surface area contributed by atoms with E-state index in [1.165, 1.54) is 0 Å². The summed E-state index contributed by atoms with van der Waals surface area (Å²) in [5.41, 5.74) is 2.83. The van der Waals surface area contributed by atoms with E-state index >= 15 is 0 Å². The first-order chi connectivity index (χ1) is 15.0. The van der Waals surface area contributed by atoms with E-state index < -0.39 is 11.9 Å². The molecule has 31 heavy (non-hydrogen) atoms. The van der Waals surface area contributed by atoms with Crippen LogP contribution in [0.1, 0.15) is 21.5 Å². The van der Waals surface area contributed by atoms with Gasteiger partial charge in [-0.1, -0.05) is 24.3 Å². The maximum absolute atomic E-state index is 12.9. The zero-order chi connectivity index (χ0) is 22.2. The minimum absolute atomic E-state index is 0.233. The smallest absolute Gasteiger partial charge is 0.319 e. The number of benzene rings is 3. The van der Waals surface area contributed by atoms with E-state index in [0.29, 0.717) is 28.3 Å². The zero-order valence-electron chi connectivity index (χ0n) is 17.3. The number of para-hydroxylation sites is 1. The Kier molecular flexibility index (Phi) is 7.01. The first-order valence-electron chi connectivity index (χ1n) is 9.65. The number of carbonyl (C=O) groups is 3. The van der Waals surface area contributed by atoms with Crippen LogP contribution in [0.3, 0.4) is 0 Å². The Labute approximate surface area is 180 Å². The molecule has 3 aromatic carbocycles. The molecule has 0 aromatic heterocycles. The molecule has 0 heterocycles. The summed E-state index contributed by atoms with van der Waals surface area (Å²) in [5.74, 6) is -0.0359. The molecule has 0 atom stereocenters. The topological polar surface area (TPSA) is 96.5 Å². The molecule has 3 aromatic rings. The van der Waals surface area contributed by atoms with Gasteiger partial charge in [-0.3, -0.25) is 9.59 Å². The summed E-state index contributed by atoms with van der Waals surface area (Å²) in [6.45, 7) is 1.67. The molecule has 158 valence electrons. The number of hydrogen-bond acceptors (Lipinski definition) is 4. The molecular weight excluding hydrogens is 394 g/mol. The third-order valence-corrected chi connectivity index (χ3v) is 4.48. The fraction of sp³-hybridized carbons (Fsp3) is 0.125. The van der Waals surface area contributed by atoms with Crippen molar-refractivity contribution in [3.8, 4) is 5.75 Å². The van der Waals surface area contributed by atoms with Gasteiger partial charge in [0.15, 0.2) is 5.78 Å². The van der Waals surface area contributed by atoms with Crippen molar-refractivity contribution in [1.29, 1.82) is 0 Å². The lowest BCUT2D eigenvalue weighted by atomic mass is 10.0. The van der Waals surface area contributed by atoms with E-state index in [0.717, 1.165) is 5.56 Å². The maximum Gasteiger partial charge on any atom is 0.319 e. The second-order valence-electron chi connectivity index (χ2n) is 6.83. The Morgan fingerprint density at radius 3 is 2.32 bits per heavy atom. The lowest BCUT2D eigenvalue weighted by Crippen LogP contribution is -2.36. The summed E-state index contributed by atoms with van der Waals surface area (Å²) in [4.78, 5) is 37.2. The van der Waals surface area contributed by atoms with Gasteiger partial charge >= 0.3 is 6.03 Å². The van der Waals surface area contributed by atoms with Crippen LogP contribution in [-0.2, 0) is 4.79 Å². The van der Waals surface area contributed by atoms with Crippen molar-refractivity contribution in [3.63, 3.8) is 0 Å². The molecule has 0 aliphatic rings. The molecule has 0 radical (unpaired) electrons. The highest BCUT2D eigenvalue weighted by Crippen LogP contribution is 2.21. The van der Waals surface area contributed by atoms with Gasteiger partial charge in [0.05, 0.1) is 19.3 Å². The summed E-state index contributed by atoms with van der Waals surface area (Å²) in [6, 6.07) is 20.3. The first kappa shape index (κ1) is 21.6. The second-order valence-corrected chi connectivity index (χ2v) is 6.83. The number of amides is 3. The van der Waals surface area contributed by atoms with Crippen molar-refractivity contribution in [1.82, 2.24) is 5.32 Å². The summed E-state index contributed by atoms with van der Waals surface area (Å²) in [5, 5.41) is 7.86. The van der Waals surface area contributed by atoms with Crippen molar-refractivity contribution in [2.24, 2.45) is 0 Å². The molecular formula is C24H23N3O4. The van der Waals surface area contributed by atoms with Crippen LogP contribution in [0.25, 0.3) is 0 Å². The molecule has 0 saturated heterocycles. The van der Waals surface area contributed by atoms with Crippen molar-refractivity contribution in [2.45, 2.75) is 6.92 Å². The number of aryl methyl sites for hydroxylation is 1. The molecule has 0 unspecified atom stereocenters. The van der Waals surface area contributed by atoms with Crippen molar-refractivity contribution < 1.29 is 19.1 Å². The molecule has 3 amide bonds. The van der Waals surface area contributed by atoms with E-state index in [9.17, 15) is 14.4 Å². The summed E-state index contributed by atoms with van der Waals surface area (Å²) >= 11 is 0. The largest absolute Gasteiger partial charge is 0.497 e. The third kappa shape index (κ3) is 5.93. The molecule has 7 heteroatoms. The van der Waals surface area contributed by atoms with Crippen LogP contribution in [0.4, 0.5) is 16.2 Å². The van der Waals surface area contributed by atoms with Crippen LogP contribution >= 0.6 is 0 Å². The van der Waals surface area contributed by atoms with E-state index in [-0.39, 0.29) is 12.3 Å². The Bertz CT molecular complexity index is 1090. The summed E-state index contributed by atoms with van der Waals surface area (Å²) in [7, 11) is 1.55. The Balaban J connectivity index is 1.61. The molecule has 3 N–H and O–H groups in total. The number of ether oxygens (including phenoxy) is 1. The Morgan fingerprint density at radius 1 is 0.871 bits per heavy atom. The average molecular weight is 417 g/mol. The first-order valence-corrected chi connectivity index (χ1v) is 9.65. The highest BCUT2D eigenvalue weighted by Gasteiger charge is 2.15. The van der Waals surface area contributed by atoms with E-state index in [1.807, 2.05) is 25.1 Å². The highest BCUT2D eigenvalue weighted by atomic mass is 16.5. The van der Waals surface area contributed by atoms with Gasteiger partial charge in [0.25, 0.3) is 0 Å². The van der Waals surface area contributed by atoms with Gasteiger partial charge in [0, 0.05) is 16.8 Å². The fourth-order valence-electron chi connectivity index (χ4n) is 2.94. The van der Waals surface area contributed by atoms with E-state index in [1.54, 1.807) is 61.7 Å². The van der Waals surface area contributed by atoms with Crippen LogP contribution < -0.4 is 20.7 Å². The lowest BCUT2D eigenvalue weighted by Gasteiger charge is -2.12. The molecule has 3 rings (SSSR count). The number of anilines is 2. The van der Waals surface area contributed by atoms with Crippen LogP contribution in [0, 0.1) is 6.92 Å². The van der Waals surface area contributed by atoms with Crippen LogP contribution in [-0.4, -0.2) is 31.4 Å². The second kappa shape index (κ2) is 10.1. The zero-order valence-corrected chi connectivity index (χ0v) is 17.3. The van der Waals surface area contributed by atoms with Crippen LogP contribution in [0.2, 0.25) is 0 Å². The molecule has 7 nitrogen and oxygen atoms in total. The predicted octanol–water partition coefficient (Wildman–Crippen LogP) is 3.99. The van der Waals surface area contributed by atoms with Crippen molar-refractivity contribution >= 4 is 29.1 Å². The summed E-state index contributed by atoms with van der Waals surface area (Å²) < 4.78 is 5.11. The number of carbonyl (C=O) groups excluding carboxylic acids is 3. The van der Waals surface area contributed by atoms with E-state index in [4.69, 9.17) is 4.74 Å². The van der Waals surface area contributed by atoms with Gasteiger partial charge in [-0.2, -0.15) is 0 Å². The van der Waals surface area contributed by atoms with Gasteiger partial charge in [0.2, 0.25) is 5.91 Å². The number of hydrogen-bond donors (Lipinski definition) is 3. The molecule has 0 bridgehead atoms. The number of nitrogens with one attached hydrogen (secondary N) is 3. The van der Waals surface area contributed by atoms with E-state index in [2.05, 4.69) is 16.0 Å². The number of ketones is 1. The molecule has 0 saturated carbocycles. The van der Waals surface area contributed by atoms with Gasteiger partial charge in [-0.25, -0.2) is 4.79 Å². The maximum atomic E-state index is 12.9. The minimum atomic E-state index is -0.497. The molecule has 0 fully saturated rings. The van der Waals surface area contributed by atoms with Gasteiger partial charge in [-0.15, -0.1) is 0 Å². The number of methoxy groups -OCH3 is 1. The minimum Gasteiger partial charge on any atom is -0.497 e. The molecule has 0 aliphatic heterocycles. The van der Waals surface area contributed by atoms with Crippen LogP contribution in [0.15, 0.2) is 72.8 Å². The average Bonchev–Trinajstić information content (AvgIpc) is 2.78. The summed E-state index contributed by atoms with van der Waals surface area (Å²) in [6.07, 6.45) is 0. The fourth-order valence-corrected chi connectivity index (χ4v) is 2.94. The monoisotopic (exact) mass is 417 g/mol. The standard InChI is InChI=1S/C24H23N3O4/c1-16-6-5-7-18(14-16)26-24(30)25-15-22(28)27-21-9-4-3-8-20(21)23(29)17-10-12-19(31-2)13-11-17/h3-14H,15H2,1-2H3,(H,27,28)(H2,25,26,30). The van der Waals surface area contributed by atoms with Crippen LogP contribution in [0.5, 0.6) is 5.75 Å². The molecule has 0 aliphatic carbocycles. The number of urea groups is 1. The van der Waals surface area contributed by atoms with Crippen molar-refractivity contribution in [3.05, 3.63) is 89.5 Å². The SMILES string of the molecule is COc1ccc(C(=O)c2ccccc2NC(=O)CNC(=O)Nc2cccc(C)c2)cc1. The molecule has 0 spiro atoms. The van der Waals surface area contributed by atoms with Gasteiger partial charge in [0.1, 0.15) is 5.75 Å². The third-order valence-electron chi connectivity index (χ3n) is 4.48. The van der Waals surface area contributed by atoms with Crippen molar-refractivity contribution in [2.75, 3.05) is 24.3 Å². The predicted molar refractivity (Wildman–Crippen MR) is 120 cm³/mol. The Morgan fingerprint density at radius 2 is 1.61 bits per heavy atom. The normalized spacial score (nSPS) is 10.1. The quantitative estimate of drug-likeness (QED) is 0.507.